The molecule has 0 radical (unpaired) electrons. The lowest BCUT2D eigenvalue weighted by molar-refractivity contribution is -0.138. The fraction of sp³-hybridized carbons (Fsp3) is 0.910. The van der Waals surface area contributed by atoms with Gasteiger partial charge in [0.25, 0.3) is 27.9 Å². The van der Waals surface area contributed by atoms with Gasteiger partial charge >= 0.3 is 46.2 Å². The summed E-state index contributed by atoms with van der Waals surface area (Å²) in [4.78, 5) is 20.6. The molecule has 6 atom stereocenters. The largest absolute Gasteiger partial charge is 0.481 e. The Morgan fingerprint density at radius 1 is 0.309 bits per heavy atom. The van der Waals surface area contributed by atoms with E-state index in [1.54, 1.807) is 6.08 Å². The van der Waals surface area contributed by atoms with E-state index in [4.69, 9.17) is 55.5 Å². The summed E-state index contributed by atoms with van der Waals surface area (Å²) in [5.41, 5.74) is 0. The van der Waals surface area contributed by atoms with Gasteiger partial charge < -0.3 is 55.5 Å². The highest BCUT2D eigenvalue weighted by molar-refractivity contribution is 6.90. The Bertz CT molecular complexity index is 1650. The predicted octanol–water partition coefficient (Wildman–Crippen LogP) is 27.3. The molecule has 30 heteroatoms. The molecule has 15 nitrogen and oxygen atoms in total. The quantitative estimate of drug-likeness (QED) is 0.0447. The molecule has 0 aliphatic rings. The van der Waals surface area contributed by atoms with Crippen LogP contribution in [0.15, 0.2) is 25.3 Å². The normalized spacial score (nSPS) is 13.9. The van der Waals surface area contributed by atoms with Crippen LogP contribution in [0.4, 0.5) is 0 Å². The SMILES string of the molecule is C.C.C.C.C.C.C.C.C.C.C.C.C.C.C=CCC.C=CCCC(=O)O.CCC[Si](C)(O[SiH](C)O[Si](C)(C)C)O[Si](C)(C)C.CCC[Si](C)(O[SiH](C)O[Si](C)(C)C)O[Si](C)(C)C.CCC[Si](C)(O[Si](C)(C)C)O[Si](C)(CCCC(=O)O)O[Si](C)(C)C.C[SiH](O[Si](C)(C)C)O[Si](C)(C)C. The number of hydrogen-bond donors (Lipinski definition) is 2. The van der Waals surface area contributed by atoms with Crippen molar-refractivity contribution < 1.29 is 65.1 Å². The van der Waals surface area contributed by atoms with E-state index in [-0.39, 0.29) is 117 Å². The summed E-state index contributed by atoms with van der Waals surface area (Å²) in [6, 6.07) is 3.81. The lowest BCUT2D eigenvalue weighted by Gasteiger charge is -2.42. The summed E-state index contributed by atoms with van der Waals surface area (Å²) in [5, 5.41) is 16.9. The number of carboxylic acid groups (broad SMARTS) is 2. The molecular weight excluding hydrogens is 1470 g/mol. The summed E-state index contributed by atoms with van der Waals surface area (Å²) in [6.45, 7) is 83.7. The van der Waals surface area contributed by atoms with Crippen molar-refractivity contribution in [2.75, 3.05) is 0 Å². The summed E-state index contributed by atoms with van der Waals surface area (Å²) in [7, 11) is -25.6. The Morgan fingerprint density at radius 3 is 0.670 bits per heavy atom. The van der Waals surface area contributed by atoms with Crippen molar-refractivity contribution in [2.45, 2.75) is 410 Å². The van der Waals surface area contributed by atoms with Crippen LogP contribution in [0.25, 0.3) is 0 Å². The molecule has 0 rings (SSSR count). The molecule has 0 aromatic heterocycles. The van der Waals surface area contributed by atoms with Crippen LogP contribution >= 0.6 is 0 Å². The predicted molar refractivity (Wildman–Crippen MR) is 493 cm³/mol. The van der Waals surface area contributed by atoms with Crippen LogP contribution in [-0.2, 0) is 54.9 Å². The Kier molecular flexibility index (Phi) is 110. The van der Waals surface area contributed by atoms with E-state index in [0.717, 1.165) is 43.8 Å². The van der Waals surface area contributed by atoms with Gasteiger partial charge in [-0.25, -0.2) is 0 Å². The summed E-state index contributed by atoms with van der Waals surface area (Å²) < 4.78 is 69.2. The first kappa shape index (κ1) is 152. The first-order valence-electron chi connectivity index (χ1n) is 30.9. The second kappa shape index (κ2) is 70.2. The van der Waals surface area contributed by atoms with Crippen LogP contribution in [0.2, 0.25) is 227 Å². The number of carboxylic acids is 2. The van der Waals surface area contributed by atoms with E-state index in [9.17, 15) is 9.59 Å². The van der Waals surface area contributed by atoms with Crippen LogP contribution in [0.5, 0.6) is 0 Å². The molecule has 0 saturated heterocycles. The third-order valence-electron chi connectivity index (χ3n) is 9.41. The number of aliphatic carboxylic acids is 2. The minimum Gasteiger partial charge on any atom is -0.481 e. The van der Waals surface area contributed by atoms with Crippen molar-refractivity contribution >= 4 is 141 Å². The van der Waals surface area contributed by atoms with Crippen molar-refractivity contribution in [2.24, 2.45) is 0 Å². The smallest absolute Gasteiger partial charge is 0.315 e. The minimum atomic E-state index is -2.47. The third kappa shape index (κ3) is 121. The van der Waals surface area contributed by atoms with E-state index in [1.807, 2.05) is 6.08 Å². The van der Waals surface area contributed by atoms with Crippen molar-refractivity contribution in [3.8, 4) is 0 Å². The molecule has 2 N–H and O–H groups in total. The molecule has 0 fully saturated rings. The highest BCUT2D eigenvalue weighted by Crippen LogP contribution is 2.31. The van der Waals surface area contributed by atoms with Gasteiger partial charge in [-0.1, -0.05) is 163 Å². The highest BCUT2D eigenvalue weighted by atomic mass is 28.5. The second-order valence-corrected chi connectivity index (χ2v) is 87.8. The van der Waals surface area contributed by atoms with Gasteiger partial charge in [-0.05, 0) is 246 Å². The van der Waals surface area contributed by atoms with Gasteiger partial charge in [0.2, 0.25) is 0 Å². The van der Waals surface area contributed by atoms with E-state index in [0.29, 0.717) is 18.9 Å². The average molecular weight is 1660 g/mol. The van der Waals surface area contributed by atoms with Gasteiger partial charge in [0.05, 0.1) is 0 Å². The number of carbonyl (C=O) groups is 2. The van der Waals surface area contributed by atoms with Crippen molar-refractivity contribution in [1.82, 2.24) is 0 Å². The zero-order valence-electron chi connectivity index (χ0n) is 61.0. The molecule has 0 amide bonds. The minimum absolute atomic E-state index is 0. The second-order valence-electron chi connectivity index (χ2n) is 29.8. The maximum Gasteiger partial charge on any atom is 0.315 e. The third-order valence-corrected chi connectivity index (χ3v) is 58.3. The van der Waals surface area contributed by atoms with Crippen LogP contribution < -0.4 is 0 Å². The molecule has 0 aliphatic carbocycles. The number of rotatable bonds is 36. The molecule has 6 unspecified atom stereocenters. The topological polar surface area (TPSA) is 176 Å². The first-order valence-corrected chi connectivity index (χ1v) is 74.5. The number of hydrogen-bond acceptors (Lipinski definition) is 13. The van der Waals surface area contributed by atoms with Crippen molar-refractivity contribution in [1.29, 1.82) is 0 Å². The van der Waals surface area contributed by atoms with Gasteiger partial charge in [-0.2, -0.15) is 0 Å². The van der Waals surface area contributed by atoms with E-state index in [2.05, 4.69) is 244 Å². The van der Waals surface area contributed by atoms with Gasteiger partial charge in [0.1, 0.15) is 0 Å². The molecule has 0 aromatic rings. The van der Waals surface area contributed by atoms with Crippen LogP contribution in [0.1, 0.15) is 183 Å². The van der Waals surface area contributed by atoms with E-state index in [1.165, 1.54) is 0 Å². The molecular formula is C67H196O15Si15. The summed E-state index contributed by atoms with van der Waals surface area (Å²) in [6.07, 6.45) is 9.36. The molecule has 0 heterocycles. The lowest BCUT2D eigenvalue weighted by Crippen LogP contribution is -2.58. The van der Waals surface area contributed by atoms with Gasteiger partial charge in [0, 0.05) is 12.8 Å². The summed E-state index contributed by atoms with van der Waals surface area (Å²) in [5.74, 6) is -1.52. The highest BCUT2D eigenvalue weighted by Gasteiger charge is 2.47. The molecule has 0 aromatic carbocycles. The first-order chi connectivity index (χ1) is 36.6. The standard InChI is InChI=1S/C15H38O5Si4.2C11H32O3Si4.C7H22O2Si3.C5H8O2.C4H8.14CH4/c1-10-13-23(8,18-21(2,3)4)20-24(9,19-22(5,6)7)14-11-12-15(16)17;2*1-10-11-18(9,14-17(6,7)8)13-15(2)12-16(3,4)5;1-10(8-11(2,3)4)9-12(5,6)7;1-2-3-4-5(6)7;1-3-4-2;;;;;;;;;;;;;;/h10-14H2,1-9H3,(H,16,17);2*15H,10-11H2,1-9H3;10H,1-7H3;2H,1,3-4H2,(H,6,7);3H,1,4H2,2H3;14*1H4. The molecule has 0 spiro atoms. The van der Waals surface area contributed by atoms with Gasteiger partial charge in [0.15, 0.2) is 66.5 Å². The summed E-state index contributed by atoms with van der Waals surface area (Å²) >= 11 is 0. The fourth-order valence-electron chi connectivity index (χ4n) is 8.48. The van der Waals surface area contributed by atoms with Gasteiger partial charge in [-0.3, -0.25) is 9.59 Å². The monoisotopic (exact) mass is 1660 g/mol. The molecule has 0 saturated carbocycles. The fourth-order valence-corrected chi connectivity index (χ4v) is 65.6. The van der Waals surface area contributed by atoms with Crippen LogP contribution in [0, 0.1) is 0 Å². The van der Waals surface area contributed by atoms with Crippen LogP contribution in [0.3, 0.4) is 0 Å². The van der Waals surface area contributed by atoms with Crippen LogP contribution in [-0.4, -0.2) is 151 Å². The Morgan fingerprint density at radius 2 is 0.505 bits per heavy atom. The Labute approximate surface area is 636 Å². The Balaban J connectivity index is -0.0000000417. The molecule has 0 aliphatic heterocycles. The lowest BCUT2D eigenvalue weighted by atomic mass is 10.3. The molecule has 97 heavy (non-hydrogen) atoms. The molecule has 614 valence electrons. The zero-order valence-corrected chi connectivity index (χ0v) is 76.5. The zero-order chi connectivity index (χ0) is 67.6. The maximum absolute atomic E-state index is 10.9. The Hall–Kier alpha value is 1.23. The van der Waals surface area contributed by atoms with E-state index >= 15 is 0 Å². The average Bonchev–Trinajstić information content (AvgIpc) is 3.14. The maximum atomic E-state index is 10.9. The molecule has 0 bridgehead atoms. The number of allylic oxidation sites excluding steroid dienone is 2. The van der Waals surface area contributed by atoms with Crippen molar-refractivity contribution in [3.05, 3.63) is 25.3 Å². The van der Waals surface area contributed by atoms with E-state index < -0.39 is 141 Å². The van der Waals surface area contributed by atoms with Gasteiger partial charge in [-0.15, -0.1) is 13.2 Å². The van der Waals surface area contributed by atoms with Crippen molar-refractivity contribution in [3.63, 3.8) is 0 Å².